The summed E-state index contributed by atoms with van der Waals surface area (Å²) in [6.07, 6.45) is 5.30. The van der Waals surface area contributed by atoms with Gasteiger partial charge in [0.15, 0.2) is 0 Å². The highest BCUT2D eigenvalue weighted by molar-refractivity contribution is 9.10. The van der Waals surface area contributed by atoms with Crippen molar-refractivity contribution in [1.82, 2.24) is 10.3 Å². The van der Waals surface area contributed by atoms with Crippen molar-refractivity contribution in [1.29, 1.82) is 0 Å². The van der Waals surface area contributed by atoms with E-state index in [2.05, 4.69) is 76.5 Å². The first-order chi connectivity index (χ1) is 10.2. The summed E-state index contributed by atoms with van der Waals surface area (Å²) in [5.41, 5.74) is 3.74. The van der Waals surface area contributed by atoms with Gasteiger partial charge in [-0.3, -0.25) is 4.98 Å². The number of hydrogen-bond donors (Lipinski definition) is 1. The Bertz CT molecular complexity index is 534. The van der Waals surface area contributed by atoms with Crippen LogP contribution in [0.25, 0.3) is 0 Å². The monoisotopic (exact) mass is 346 g/mol. The van der Waals surface area contributed by atoms with Crippen molar-refractivity contribution in [2.45, 2.75) is 39.2 Å². The van der Waals surface area contributed by atoms with Gasteiger partial charge in [-0.25, -0.2) is 0 Å². The molecule has 21 heavy (non-hydrogen) atoms. The normalized spacial score (nSPS) is 12.3. The third kappa shape index (κ3) is 4.65. The minimum Gasteiger partial charge on any atom is -0.305 e. The van der Waals surface area contributed by atoms with Gasteiger partial charge in [0, 0.05) is 10.7 Å². The molecule has 0 aliphatic heterocycles. The average molecular weight is 347 g/mol. The lowest BCUT2D eigenvalue weighted by Crippen LogP contribution is -2.24. The molecule has 0 fully saturated rings. The van der Waals surface area contributed by atoms with E-state index in [0.29, 0.717) is 0 Å². The molecule has 112 valence electrons. The van der Waals surface area contributed by atoms with Crippen LogP contribution in [-0.4, -0.2) is 11.5 Å². The van der Waals surface area contributed by atoms with Crippen LogP contribution in [0.15, 0.2) is 47.1 Å². The van der Waals surface area contributed by atoms with Gasteiger partial charge >= 0.3 is 0 Å². The Hall–Kier alpha value is -1.19. The van der Waals surface area contributed by atoms with Gasteiger partial charge in [0.25, 0.3) is 0 Å². The van der Waals surface area contributed by atoms with Gasteiger partial charge in [0.05, 0.1) is 11.7 Å². The Morgan fingerprint density at radius 3 is 2.38 bits per heavy atom. The fourth-order valence-corrected chi connectivity index (χ4v) is 2.64. The highest BCUT2D eigenvalue weighted by atomic mass is 79.9. The molecule has 0 saturated carbocycles. The summed E-state index contributed by atoms with van der Waals surface area (Å²) in [6.45, 7) is 5.38. The lowest BCUT2D eigenvalue weighted by molar-refractivity contribution is 0.586. The van der Waals surface area contributed by atoms with E-state index in [1.807, 2.05) is 6.20 Å². The summed E-state index contributed by atoms with van der Waals surface area (Å²) in [6, 6.07) is 13.2. The molecule has 2 aromatic rings. The van der Waals surface area contributed by atoms with E-state index in [4.69, 9.17) is 0 Å². The van der Waals surface area contributed by atoms with Crippen LogP contribution < -0.4 is 5.32 Å². The van der Waals surface area contributed by atoms with E-state index in [9.17, 15) is 0 Å². The SMILES string of the molecule is CCCNC(c1ccc(CCC)cc1)c1ccc(Br)cn1. The number of nitrogens with one attached hydrogen (secondary N) is 1. The first-order valence-corrected chi connectivity index (χ1v) is 8.47. The molecule has 2 rings (SSSR count). The van der Waals surface area contributed by atoms with Crippen LogP contribution in [0.1, 0.15) is 49.6 Å². The molecule has 3 heteroatoms. The molecule has 2 nitrogen and oxygen atoms in total. The Kier molecular flexibility index (Phi) is 6.40. The van der Waals surface area contributed by atoms with E-state index >= 15 is 0 Å². The second-order valence-corrected chi connectivity index (χ2v) is 6.20. The van der Waals surface area contributed by atoms with Gasteiger partial charge in [0.2, 0.25) is 0 Å². The van der Waals surface area contributed by atoms with Crippen molar-refractivity contribution < 1.29 is 0 Å². The molecule has 1 heterocycles. The summed E-state index contributed by atoms with van der Waals surface area (Å²) in [7, 11) is 0. The summed E-state index contributed by atoms with van der Waals surface area (Å²) in [5, 5.41) is 3.60. The Morgan fingerprint density at radius 1 is 1.05 bits per heavy atom. The van der Waals surface area contributed by atoms with Crippen LogP contribution in [0.5, 0.6) is 0 Å². The van der Waals surface area contributed by atoms with Crippen LogP contribution in [0.2, 0.25) is 0 Å². The van der Waals surface area contributed by atoms with E-state index in [1.54, 1.807) is 0 Å². The van der Waals surface area contributed by atoms with Gasteiger partial charge < -0.3 is 5.32 Å². The number of nitrogens with zero attached hydrogens (tertiary/aromatic N) is 1. The summed E-state index contributed by atoms with van der Waals surface area (Å²) >= 11 is 3.45. The van der Waals surface area contributed by atoms with Crippen LogP contribution in [0.4, 0.5) is 0 Å². The molecule has 1 aromatic carbocycles. The minimum absolute atomic E-state index is 0.161. The van der Waals surface area contributed by atoms with Crippen LogP contribution in [0, 0.1) is 0 Å². The predicted octanol–water partition coefficient (Wildman–Crippen LogP) is 4.89. The zero-order valence-corrected chi connectivity index (χ0v) is 14.4. The first-order valence-electron chi connectivity index (χ1n) is 7.68. The van der Waals surface area contributed by atoms with E-state index in [-0.39, 0.29) is 6.04 Å². The highest BCUT2D eigenvalue weighted by Gasteiger charge is 2.14. The molecule has 1 unspecified atom stereocenters. The molecule has 0 spiro atoms. The first kappa shape index (κ1) is 16.2. The molecule has 0 saturated heterocycles. The van der Waals surface area contributed by atoms with E-state index in [1.165, 1.54) is 17.5 Å². The average Bonchev–Trinajstić information content (AvgIpc) is 2.51. The number of hydrogen-bond acceptors (Lipinski definition) is 2. The summed E-state index contributed by atoms with van der Waals surface area (Å²) < 4.78 is 1.01. The quantitative estimate of drug-likeness (QED) is 0.772. The van der Waals surface area contributed by atoms with Gasteiger partial charge in [-0.2, -0.15) is 0 Å². The maximum absolute atomic E-state index is 4.56. The van der Waals surface area contributed by atoms with Gasteiger partial charge in [-0.1, -0.05) is 44.5 Å². The molecule has 0 radical (unpaired) electrons. The van der Waals surface area contributed by atoms with Gasteiger partial charge in [-0.15, -0.1) is 0 Å². The highest BCUT2D eigenvalue weighted by Crippen LogP contribution is 2.22. The molecule has 0 bridgehead atoms. The van der Waals surface area contributed by atoms with Crippen LogP contribution >= 0.6 is 15.9 Å². The fourth-order valence-electron chi connectivity index (χ4n) is 2.41. The van der Waals surface area contributed by atoms with Crippen molar-refractivity contribution >= 4 is 15.9 Å². The van der Waals surface area contributed by atoms with Crippen molar-refractivity contribution in [3.8, 4) is 0 Å². The standard InChI is InChI=1S/C18H23BrN2/c1-3-5-14-6-8-15(9-7-14)18(20-12-4-2)17-11-10-16(19)13-21-17/h6-11,13,18,20H,3-5,12H2,1-2H3. The summed E-state index contributed by atoms with van der Waals surface area (Å²) in [4.78, 5) is 4.56. The Morgan fingerprint density at radius 2 is 1.81 bits per heavy atom. The van der Waals surface area contributed by atoms with Gasteiger partial charge in [-0.05, 0) is 58.6 Å². The van der Waals surface area contributed by atoms with Crippen LogP contribution in [-0.2, 0) is 6.42 Å². The molecule has 0 aliphatic carbocycles. The molecule has 1 aromatic heterocycles. The van der Waals surface area contributed by atoms with Crippen molar-refractivity contribution in [2.24, 2.45) is 0 Å². The molecule has 0 amide bonds. The second kappa shape index (κ2) is 8.30. The largest absolute Gasteiger partial charge is 0.305 e. The minimum atomic E-state index is 0.161. The zero-order valence-electron chi connectivity index (χ0n) is 12.8. The topological polar surface area (TPSA) is 24.9 Å². The summed E-state index contributed by atoms with van der Waals surface area (Å²) in [5.74, 6) is 0. The lowest BCUT2D eigenvalue weighted by Gasteiger charge is -2.19. The fraction of sp³-hybridized carbons (Fsp3) is 0.389. The van der Waals surface area contributed by atoms with Crippen molar-refractivity contribution in [3.05, 3.63) is 63.9 Å². The predicted molar refractivity (Wildman–Crippen MR) is 92.5 cm³/mol. The Labute approximate surface area is 136 Å². The lowest BCUT2D eigenvalue weighted by atomic mass is 10.00. The Balaban J connectivity index is 2.24. The molecular formula is C18H23BrN2. The van der Waals surface area contributed by atoms with Crippen molar-refractivity contribution in [2.75, 3.05) is 6.54 Å². The van der Waals surface area contributed by atoms with Crippen molar-refractivity contribution in [3.63, 3.8) is 0 Å². The van der Waals surface area contributed by atoms with E-state index < -0.39 is 0 Å². The maximum Gasteiger partial charge on any atom is 0.0751 e. The zero-order chi connectivity index (χ0) is 15.1. The smallest absolute Gasteiger partial charge is 0.0751 e. The maximum atomic E-state index is 4.56. The number of rotatable bonds is 7. The molecule has 1 atom stereocenters. The number of benzene rings is 1. The third-order valence-corrected chi connectivity index (χ3v) is 3.97. The second-order valence-electron chi connectivity index (χ2n) is 5.28. The molecule has 1 N–H and O–H groups in total. The van der Waals surface area contributed by atoms with Crippen LogP contribution in [0.3, 0.4) is 0 Å². The number of aromatic nitrogens is 1. The number of aryl methyl sites for hydroxylation is 1. The third-order valence-electron chi connectivity index (χ3n) is 3.50. The molecule has 0 aliphatic rings. The number of pyridine rings is 1. The number of halogens is 1. The molecular weight excluding hydrogens is 324 g/mol. The van der Waals surface area contributed by atoms with Gasteiger partial charge in [0.1, 0.15) is 0 Å². The van der Waals surface area contributed by atoms with E-state index in [0.717, 1.165) is 29.6 Å².